The van der Waals surface area contributed by atoms with Crippen molar-refractivity contribution in [3.8, 4) is 0 Å². The molecule has 5 heteroatoms. The molecule has 2 aliphatic heterocycles. The molecule has 5 nitrogen and oxygen atoms in total. The van der Waals surface area contributed by atoms with E-state index in [1.165, 1.54) is 56.3 Å². The summed E-state index contributed by atoms with van der Waals surface area (Å²) in [6.45, 7) is 14.7. The van der Waals surface area contributed by atoms with E-state index >= 15 is 0 Å². The van der Waals surface area contributed by atoms with Crippen LogP contribution in [0.15, 0.2) is 0 Å². The number of piperidine rings is 1. The van der Waals surface area contributed by atoms with Gasteiger partial charge in [0.05, 0.1) is 0 Å². The summed E-state index contributed by atoms with van der Waals surface area (Å²) in [5.74, 6) is 0.000303. The van der Waals surface area contributed by atoms with Crippen LogP contribution in [-0.2, 0) is 4.79 Å². The minimum atomic E-state index is -0.742. The maximum atomic E-state index is 13.4. The van der Waals surface area contributed by atoms with Crippen LogP contribution >= 0.6 is 0 Å². The fourth-order valence-corrected chi connectivity index (χ4v) is 6.28. The van der Waals surface area contributed by atoms with E-state index in [1.54, 1.807) is 0 Å². The molecule has 1 spiro atoms. The van der Waals surface area contributed by atoms with Crippen LogP contribution in [-0.4, -0.2) is 51.4 Å². The number of hydrogen-bond acceptors (Lipinski definition) is 3. The van der Waals surface area contributed by atoms with Gasteiger partial charge in [0, 0.05) is 17.6 Å². The number of urea groups is 1. The molecule has 0 aromatic heterocycles. The number of unbranched alkanes of at least 4 members (excludes halogenated alkanes) is 9. The van der Waals surface area contributed by atoms with Crippen LogP contribution in [0.3, 0.4) is 0 Å². The number of imide groups is 1. The van der Waals surface area contributed by atoms with E-state index in [1.807, 2.05) is 0 Å². The van der Waals surface area contributed by atoms with Crippen LogP contribution in [0.4, 0.5) is 4.79 Å². The Balaban J connectivity index is 1.81. The number of likely N-dealkylation sites (tertiary alicyclic amines) is 1. The van der Waals surface area contributed by atoms with E-state index in [2.05, 4.69) is 51.8 Å². The Morgan fingerprint density at radius 3 is 1.70 bits per heavy atom. The summed E-state index contributed by atoms with van der Waals surface area (Å²) in [4.78, 5) is 30.0. The number of rotatable bonds is 12. The van der Waals surface area contributed by atoms with Gasteiger partial charge in [0.2, 0.25) is 0 Å². The second-order valence-corrected chi connectivity index (χ2v) is 10.9. The molecular formula is C25H47N3O2. The molecule has 30 heavy (non-hydrogen) atoms. The molecule has 2 heterocycles. The highest BCUT2D eigenvalue weighted by Crippen LogP contribution is 2.45. The Morgan fingerprint density at radius 2 is 1.23 bits per heavy atom. The molecule has 174 valence electrons. The highest BCUT2D eigenvalue weighted by molar-refractivity contribution is 6.07. The van der Waals surface area contributed by atoms with Crippen LogP contribution in [0.25, 0.3) is 0 Å². The maximum Gasteiger partial charge on any atom is 0.325 e. The molecule has 0 saturated carbocycles. The van der Waals surface area contributed by atoms with Crippen LogP contribution in [0, 0.1) is 0 Å². The number of carbonyl (C=O) groups is 2. The zero-order valence-electron chi connectivity index (χ0n) is 20.6. The van der Waals surface area contributed by atoms with Gasteiger partial charge in [-0.05, 0) is 53.5 Å². The number of nitrogens with one attached hydrogen (secondary N) is 1. The predicted octanol–water partition coefficient (Wildman–Crippen LogP) is 5.87. The quantitative estimate of drug-likeness (QED) is 0.317. The molecule has 0 aromatic carbocycles. The third-order valence-electron chi connectivity index (χ3n) is 7.23. The normalized spacial score (nSPS) is 22.7. The highest BCUT2D eigenvalue weighted by atomic mass is 16.2. The van der Waals surface area contributed by atoms with Gasteiger partial charge in [0.1, 0.15) is 5.54 Å². The monoisotopic (exact) mass is 421 g/mol. The van der Waals surface area contributed by atoms with Gasteiger partial charge in [0.25, 0.3) is 5.91 Å². The number of amides is 3. The van der Waals surface area contributed by atoms with Gasteiger partial charge >= 0.3 is 6.03 Å². The summed E-state index contributed by atoms with van der Waals surface area (Å²) < 4.78 is 0. The Kier molecular flexibility index (Phi) is 8.79. The van der Waals surface area contributed by atoms with Crippen molar-refractivity contribution in [3.63, 3.8) is 0 Å². The molecule has 0 aliphatic carbocycles. The number of hydrogen-bond donors (Lipinski definition) is 1. The largest absolute Gasteiger partial charge is 0.325 e. The van der Waals surface area contributed by atoms with E-state index in [0.717, 1.165) is 19.4 Å². The molecule has 0 atom stereocenters. The van der Waals surface area contributed by atoms with Crippen molar-refractivity contribution < 1.29 is 9.59 Å². The van der Waals surface area contributed by atoms with Gasteiger partial charge in [0.15, 0.2) is 0 Å². The van der Waals surface area contributed by atoms with Crippen molar-refractivity contribution in [1.29, 1.82) is 0 Å². The van der Waals surface area contributed by atoms with Gasteiger partial charge in [-0.2, -0.15) is 0 Å². The third kappa shape index (κ3) is 5.77. The SMILES string of the molecule is CCCCCCCCCCCCN1C(=O)NC2(CC(C)(C)N(CC)C(C)(C)C2)C1=O. The van der Waals surface area contributed by atoms with Gasteiger partial charge < -0.3 is 5.32 Å². The molecule has 0 unspecified atom stereocenters. The molecule has 2 fully saturated rings. The average molecular weight is 422 g/mol. The molecule has 0 radical (unpaired) electrons. The minimum Gasteiger partial charge on any atom is -0.323 e. The molecule has 1 N–H and O–H groups in total. The summed E-state index contributed by atoms with van der Waals surface area (Å²) >= 11 is 0. The van der Waals surface area contributed by atoms with Crippen molar-refractivity contribution in [2.45, 2.75) is 135 Å². The van der Waals surface area contributed by atoms with E-state index in [4.69, 9.17) is 0 Å². The van der Waals surface area contributed by atoms with Gasteiger partial charge in [-0.15, -0.1) is 0 Å². The van der Waals surface area contributed by atoms with E-state index < -0.39 is 5.54 Å². The maximum absolute atomic E-state index is 13.4. The Morgan fingerprint density at radius 1 is 0.767 bits per heavy atom. The van der Waals surface area contributed by atoms with Crippen LogP contribution in [0.1, 0.15) is 119 Å². The first kappa shape index (κ1) is 25.2. The lowest BCUT2D eigenvalue weighted by molar-refractivity contribution is -0.140. The first-order chi connectivity index (χ1) is 14.1. The fourth-order valence-electron chi connectivity index (χ4n) is 6.28. The van der Waals surface area contributed by atoms with Gasteiger partial charge in [-0.25, -0.2) is 4.79 Å². The van der Waals surface area contributed by atoms with Crippen LogP contribution < -0.4 is 5.32 Å². The molecule has 0 bridgehead atoms. The lowest BCUT2D eigenvalue weighted by Crippen LogP contribution is -2.69. The smallest absolute Gasteiger partial charge is 0.323 e. The highest BCUT2D eigenvalue weighted by Gasteiger charge is 2.60. The van der Waals surface area contributed by atoms with Gasteiger partial charge in [-0.3, -0.25) is 14.6 Å². The topological polar surface area (TPSA) is 52.7 Å². The van der Waals surface area contributed by atoms with Crippen molar-refractivity contribution in [2.75, 3.05) is 13.1 Å². The molecule has 2 rings (SSSR count). The van der Waals surface area contributed by atoms with Crippen molar-refractivity contribution in [2.24, 2.45) is 0 Å². The lowest BCUT2D eigenvalue weighted by Gasteiger charge is -2.57. The standard InChI is InChI=1S/C25H47N3O2/c1-7-9-10-11-12-13-14-15-16-17-18-27-21(29)25(26-22(27)30)19-23(3,4)28(8-2)24(5,6)20-25/h7-20H2,1-6H3,(H,26,30). The molecule has 3 amide bonds. The number of nitrogens with zero attached hydrogens (tertiary/aromatic N) is 2. The summed E-state index contributed by atoms with van der Waals surface area (Å²) in [5, 5.41) is 3.12. The number of carbonyl (C=O) groups excluding carboxylic acids is 2. The Bertz CT molecular complexity index is 567. The van der Waals surface area contributed by atoms with E-state index in [-0.39, 0.29) is 23.0 Å². The predicted molar refractivity (Wildman–Crippen MR) is 125 cm³/mol. The summed E-state index contributed by atoms with van der Waals surface area (Å²) in [5.41, 5.74) is -1.01. The second kappa shape index (κ2) is 10.5. The molecule has 2 aliphatic rings. The molecule has 0 aromatic rings. The summed E-state index contributed by atoms with van der Waals surface area (Å²) in [7, 11) is 0. The van der Waals surface area contributed by atoms with E-state index in [9.17, 15) is 9.59 Å². The van der Waals surface area contributed by atoms with Crippen molar-refractivity contribution in [3.05, 3.63) is 0 Å². The lowest BCUT2D eigenvalue weighted by atomic mass is 9.69. The fraction of sp³-hybridized carbons (Fsp3) is 0.920. The second-order valence-electron chi connectivity index (χ2n) is 10.9. The Hall–Kier alpha value is -1.10. The molecule has 2 saturated heterocycles. The zero-order valence-corrected chi connectivity index (χ0v) is 20.6. The first-order valence-corrected chi connectivity index (χ1v) is 12.5. The van der Waals surface area contributed by atoms with Crippen molar-refractivity contribution in [1.82, 2.24) is 15.1 Å². The summed E-state index contributed by atoms with van der Waals surface area (Å²) in [6, 6.07) is -0.188. The van der Waals surface area contributed by atoms with Gasteiger partial charge in [-0.1, -0.05) is 71.6 Å². The first-order valence-electron chi connectivity index (χ1n) is 12.5. The van der Waals surface area contributed by atoms with E-state index in [0.29, 0.717) is 19.4 Å². The third-order valence-corrected chi connectivity index (χ3v) is 7.23. The van der Waals surface area contributed by atoms with Crippen molar-refractivity contribution >= 4 is 11.9 Å². The average Bonchev–Trinajstić information content (AvgIpc) is 2.84. The van der Waals surface area contributed by atoms with Crippen LogP contribution in [0.5, 0.6) is 0 Å². The minimum absolute atomic E-state index is 0.000303. The summed E-state index contributed by atoms with van der Waals surface area (Å²) in [6.07, 6.45) is 13.9. The zero-order chi connectivity index (χ0) is 22.4. The Labute approximate surface area is 185 Å². The van der Waals surface area contributed by atoms with Crippen LogP contribution in [0.2, 0.25) is 0 Å². The molecular weight excluding hydrogens is 374 g/mol.